The molecule has 0 bridgehead atoms. The van der Waals surface area contributed by atoms with E-state index < -0.39 is 0 Å². The van der Waals surface area contributed by atoms with E-state index >= 15 is 0 Å². The van der Waals surface area contributed by atoms with Crippen molar-refractivity contribution in [1.29, 1.82) is 0 Å². The molecule has 0 radical (unpaired) electrons. The number of esters is 1. The molecule has 0 unspecified atom stereocenters. The van der Waals surface area contributed by atoms with Crippen LogP contribution in [0.15, 0.2) is 53.6 Å². The minimum atomic E-state index is -0.212. The van der Waals surface area contributed by atoms with Crippen LogP contribution in [0, 0.1) is 5.92 Å². The van der Waals surface area contributed by atoms with Gasteiger partial charge in [-0.3, -0.25) is 14.5 Å². The summed E-state index contributed by atoms with van der Waals surface area (Å²) in [6, 6.07) is 15.3. The molecule has 186 valence electrons. The van der Waals surface area contributed by atoms with Crippen LogP contribution in [0.2, 0.25) is 0 Å². The first-order valence-electron chi connectivity index (χ1n) is 12.1. The molecular formula is C27H33N3O5. The monoisotopic (exact) mass is 479 g/mol. The number of piperidine rings is 1. The Kier molecular flexibility index (Phi) is 8.02. The van der Waals surface area contributed by atoms with Crippen molar-refractivity contribution >= 4 is 17.6 Å². The number of benzene rings is 2. The van der Waals surface area contributed by atoms with Gasteiger partial charge in [-0.2, -0.15) is 5.10 Å². The molecule has 0 saturated carbocycles. The van der Waals surface area contributed by atoms with E-state index in [0.29, 0.717) is 31.1 Å². The molecule has 4 rings (SSSR count). The quantitative estimate of drug-likeness (QED) is 0.538. The largest absolute Gasteiger partial charge is 0.497 e. The topological polar surface area (TPSA) is 80.7 Å². The van der Waals surface area contributed by atoms with Gasteiger partial charge in [0.2, 0.25) is 0 Å². The van der Waals surface area contributed by atoms with Crippen LogP contribution < -0.4 is 9.47 Å². The van der Waals surface area contributed by atoms with Gasteiger partial charge >= 0.3 is 5.97 Å². The van der Waals surface area contributed by atoms with E-state index in [1.807, 2.05) is 60.4 Å². The van der Waals surface area contributed by atoms with E-state index in [-0.39, 0.29) is 30.4 Å². The molecule has 0 N–H and O–H groups in total. The summed E-state index contributed by atoms with van der Waals surface area (Å²) in [6.07, 6.45) is 2.22. The van der Waals surface area contributed by atoms with Gasteiger partial charge in [0.1, 0.15) is 11.5 Å². The van der Waals surface area contributed by atoms with Crippen LogP contribution in [0.1, 0.15) is 43.4 Å². The smallest absolute Gasteiger partial charge is 0.310 e. The van der Waals surface area contributed by atoms with Crippen molar-refractivity contribution in [2.24, 2.45) is 11.0 Å². The molecule has 8 nitrogen and oxygen atoms in total. The number of hydrogen-bond acceptors (Lipinski definition) is 7. The molecule has 2 aromatic carbocycles. The summed E-state index contributed by atoms with van der Waals surface area (Å²) in [5.41, 5.74) is 2.65. The maximum Gasteiger partial charge on any atom is 0.310 e. The zero-order valence-corrected chi connectivity index (χ0v) is 20.6. The molecule has 2 aliphatic rings. The van der Waals surface area contributed by atoms with Crippen LogP contribution in [-0.2, 0) is 14.3 Å². The lowest BCUT2D eigenvalue weighted by atomic mass is 9.97. The molecule has 0 spiro atoms. The maximum absolute atomic E-state index is 13.5. The van der Waals surface area contributed by atoms with Crippen molar-refractivity contribution in [1.82, 2.24) is 9.91 Å². The number of methoxy groups -OCH3 is 2. The van der Waals surface area contributed by atoms with Crippen molar-refractivity contribution in [3.63, 3.8) is 0 Å². The Morgan fingerprint density at radius 1 is 1.09 bits per heavy atom. The van der Waals surface area contributed by atoms with E-state index in [9.17, 15) is 9.59 Å². The Morgan fingerprint density at radius 2 is 1.89 bits per heavy atom. The minimum absolute atomic E-state index is 0.0918. The number of amides is 1. The van der Waals surface area contributed by atoms with Crippen LogP contribution in [0.4, 0.5) is 0 Å². The van der Waals surface area contributed by atoms with Crippen molar-refractivity contribution in [3.8, 4) is 11.5 Å². The molecule has 0 aliphatic carbocycles. The third kappa shape index (κ3) is 5.65. The Labute approximate surface area is 206 Å². The second-order valence-corrected chi connectivity index (χ2v) is 8.81. The van der Waals surface area contributed by atoms with Gasteiger partial charge in [0, 0.05) is 24.6 Å². The van der Waals surface area contributed by atoms with Crippen LogP contribution in [0.3, 0.4) is 0 Å². The average molecular weight is 480 g/mol. The van der Waals surface area contributed by atoms with Gasteiger partial charge in [0.25, 0.3) is 5.91 Å². The molecule has 0 aromatic heterocycles. The Hall–Kier alpha value is -3.39. The number of hydrazone groups is 1. The minimum Gasteiger partial charge on any atom is -0.497 e. The third-order valence-electron chi connectivity index (χ3n) is 6.55. The number of carbonyl (C=O) groups excluding carboxylic acids is 2. The van der Waals surface area contributed by atoms with Crippen LogP contribution in [-0.4, -0.2) is 68.0 Å². The van der Waals surface area contributed by atoms with Gasteiger partial charge in [0.05, 0.1) is 45.0 Å². The molecule has 35 heavy (non-hydrogen) atoms. The highest BCUT2D eigenvalue weighted by Gasteiger charge is 2.36. The highest BCUT2D eigenvalue weighted by atomic mass is 16.5. The second kappa shape index (κ2) is 11.4. The van der Waals surface area contributed by atoms with Crippen LogP contribution in [0.5, 0.6) is 11.5 Å². The molecule has 2 aromatic rings. The third-order valence-corrected chi connectivity index (χ3v) is 6.55. The fourth-order valence-electron chi connectivity index (χ4n) is 4.79. The summed E-state index contributed by atoms with van der Waals surface area (Å²) in [7, 11) is 3.22. The van der Waals surface area contributed by atoms with Gasteiger partial charge in [-0.15, -0.1) is 0 Å². The lowest BCUT2D eigenvalue weighted by Gasteiger charge is -2.32. The van der Waals surface area contributed by atoms with Crippen LogP contribution >= 0.6 is 0 Å². The predicted octanol–water partition coefficient (Wildman–Crippen LogP) is 3.66. The summed E-state index contributed by atoms with van der Waals surface area (Å²) in [4.78, 5) is 27.8. The van der Waals surface area contributed by atoms with Gasteiger partial charge in [-0.1, -0.05) is 30.3 Å². The number of hydrogen-bond donors (Lipinski definition) is 0. The van der Waals surface area contributed by atoms with Gasteiger partial charge in [-0.25, -0.2) is 5.01 Å². The van der Waals surface area contributed by atoms with Crippen molar-refractivity contribution in [2.75, 3.05) is 40.5 Å². The van der Waals surface area contributed by atoms with Crippen molar-refractivity contribution < 1.29 is 23.8 Å². The highest BCUT2D eigenvalue weighted by molar-refractivity contribution is 6.05. The first kappa shape index (κ1) is 24.7. The Morgan fingerprint density at radius 3 is 2.60 bits per heavy atom. The molecule has 2 aliphatic heterocycles. The molecule has 1 amide bonds. The molecule has 2 atom stereocenters. The SMILES string of the molecule is CCOC(=O)[C@@H]1CCCN(CC(=O)N2N=C(c3ccc(OC)cc3OC)C[C@@H]2c2ccccc2)C1. The van der Waals surface area contributed by atoms with Crippen LogP contribution in [0.25, 0.3) is 0 Å². The molecule has 2 heterocycles. The lowest BCUT2D eigenvalue weighted by molar-refractivity contribution is -0.150. The fraction of sp³-hybridized carbons (Fsp3) is 0.444. The molecule has 1 saturated heterocycles. The molecule has 1 fully saturated rings. The first-order chi connectivity index (χ1) is 17.0. The summed E-state index contributed by atoms with van der Waals surface area (Å²) in [6.45, 7) is 3.68. The molecule has 8 heteroatoms. The van der Waals surface area contributed by atoms with E-state index in [0.717, 1.165) is 36.2 Å². The summed E-state index contributed by atoms with van der Waals surface area (Å²) >= 11 is 0. The number of likely N-dealkylation sites (tertiary alicyclic amines) is 1. The number of nitrogens with zero attached hydrogens (tertiary/aromatic N) is 3. The van der Waals surface area contributed by atoms with E-state index in [2.05, 4.69) is 0 Å². The van der Waals surface area contributed by atoms with Crippen molar-refractivity contribution in [3.05, 3.63) is 59.7 Å². The zero-order valence-electron chi connectivity index (χ0n) is 20.6. The van der Waals surface area contributed by atoms with Gasteiger partial charge < -0.3 is 14.2 Å². The lowest BCUT2D eigenvalue weighted by Crippen LogP contribution is -2.44. The normalized spacial score (nSPS) is 20.3. The standard InChI is InChI=1S/C27H33N3O5/c1-4-35-27(32)20-11-8-14-29(17-20)18-26(31)30-24(19-9-6-5-7-10-19)16-23(28-30)22-13-12-21(33-2)15-25(22)34-3/h5-7,9-10,12-13,15,20,24H,4,8,11,14,16-18H2,1-3H3/t20-,24-/m1/s1. The number of carbonyl (C=O) groups is 2. The number of ether oxygens (including phenoxy) is 3. The first-order valence-corrected chi connectivity index (χ1v) is 12.1. The van der Waals surface area contributed by atoms with E-state index in [1.165, 1.54) is 0 Å². The van der Waals surface area contributed by atoms with Gasteiger partial charge in [-0.05, 0) is 44.0 Å². The summed E-state index contributed by atoms with van der Waals surface area (Å²) in [5.74, 6) is 0.879. The van der Waals surface area contributed by atoms with Gasteiger partial charge in [0.15, 0.2) is 0 Å². The van der Waals surface area contributed by atoms with E-state index in [1.54, 1.807) is 19.2 Å². The predicted molar refractivity (Wildman–Crippen MR) is 133 cm³/mol. The zero-order chi connectivity index (χ0) is 24.8. The summed E-state index contributed by atoms with van der Waals surface area (Å²) in [5, 5.41) is 6.39. The Bertz CT molecular complexity index is 1070. The average Bonchev–Trinajstić information content (AvgIpc) is 3.34. The van der Waals surface area contributed by atoms with Crippen molar-refractivity contribution in [2.45, 2.75) is 32.2 Å². The highest BCUT2D eigenvalue weighted by Crippen LogP contribution is 2.36. The fourth-order valence-corrected chi connectivity index (χ4v) is 4.79. The second-order valence-electron chi connectivity index (χ2n) is 8.81. The number of rotatable bonds is 8. The van der Waals surface area contributed by atoms with E-state index in [4.69, 9.17) is 19.3 Å². The Balaban J connectivity index is 1.57. The summed E-state index contributed by atoms with van der Waals surface area (Å²) < 4.78 is 16.1. The molecular weight excluding hydrogens is 446 g/mol. The maximum atomic E-state index is 13.5.